The van der Waals surface area contributed by atoms with E-state index in [4.69, 9.17) is 0 Å². The topological polar surface area (TPSA) is 29.1 Å². The molecule has 1 atom stereocenters. The molecular formula is C18H16BrF4NO. The van der Waals surface area contributed by atoms with Crippen LogP contribution in [0.1, 0.15) is 47.4 Å². The maximum atomic E-state index is 14.3. The van der Waals surface area contributed by atoms with Gasteiger partial charge in [-0.15, -0.1) is 0 Å². The van der Waals surface area contributed by atoms with E-state index in [2.05, 4.69) is 21.2 Å². The molecule has 2 nitrogen and oxygen atoms in total. The van der Waals surface area contributed by atoms with Gasteiger partial charge in [0.15, 0.2) is 0 Å². The van der Waals surface area contributed by atoms with Crippen LogP contribution in [0.2, 0.25) is 0 Å². The summed E-state index contributed by atoms with van der Waals surface area (Å²) in [7, 11) is 0. The molecule has 1 amide bonds. The molecule has 0 radical (unpaired) electrons. The van der Waals surface area contributed by atoms with Gasteiger partial charge in [-0.1, -0.05) is 35.3 Å². The number of alkyl halides is 4. The normalized spacial score (nSPS) is 12.7. The van der Waals surface area contributed by atoms with E-state index in [1.54, 1.807) is 31.2 Å². The molecule has 0 heterocycles. The van der Waals surface area contributed by atoms with Gasteiger partial charge in [0, 0.05) is 15.7 Å². The predicted molar refractivity (Wildman–Crippen MR) is 92.3 cm³/mol. The molecule has 134 valence electrons. The van der Waals surface area contributed by atoms with Gasteiger partial charge in [0.1, 0.15) is 6.17 Å². The van der Waals surface area contributed by atoms with Crippen molar-refractivity contribution in [3.63, 3.8) is 0 Å². The van der Waals surface area contributed by atoms with Gasteiger partial charge < -0.3 is 5.32 Å². The van der Waals surface area contributed by atoms with Crippen molar-refractivity contribution in [1.29, 1.82) is 0 Å². The first-order valence-corrected chi connectivity index (χ1v) is 8.43. The van der Waals surface area contributed by atoms with Gasteiger partial charge in [-0.3, -0.25) is 4.79 Å². The molecule has 25 heavy (non-hydrogen) atoms. The van der Waals surface area contributed by atoms with Crippen LogP contribution < -0.4 is 5.32 Å². The SMILES string of the molecule is CCC[C@@H](F)c1ccc(C(F)(F)F)cc1C(=O)Nc1ccc(Br)cc1. The van der Waals surface area contributed by atoms with E-state index >= 15 is 0 Å². The summed E-state index contributed by atoms with van der Waals surface area (Å²) in [6.07, 6.45) is -5.47. The number of benzene rings is 2. The summed E-state index contributed by atoms with van der Waals surface area (Å²) in [6.45, 7) is 1.76. The zero-order chi connectivity index (χ0) is 18.6. The van der Waals surface area contributed by atoms with E-state index in [1.165, 1.54) is 0 Å². The molecule has 2 aromatic carbocycles. The summed E-state index contributed by atoms with van der Waals surface area (Å²) in [5, 5.41) is 2.51. The van der Waals surface area contributed by atoms with E-state index in [1.807, 2.05) is 0 Å². The van der Waals surface area contributed by atoms with Gasteiger partial charge in [-0.25, -0.2) is 4.39 Å². The van der Waals surface area contributed by atoms with Crippen molar-refractivity contribution in [2.75, 3.05) is 5.32 Å². The monoisotopic (exact) mass is 417 g/mol. The molecule has 2 rings (SSSR count). The van der Waals surface area contributed by atoms with Crippen LogP contribution in [0.5, 0.6) is 0 Å². The van der Waals surface area contributed by atoms with E-state index in [0.717, 1.165) is 16.6 Å². The van der Waals surface area contributed by atoms with Crippen LogP contribution in [0.25, 0.3) is 0 Å². The number of hydrogen-bond donors (Lipinski definition) is 1. The summed E-state index contributed by atoms with van der Waals surface area (Å²) >= 11 is 3.25. The number of rotatable bonds is 5. The Kier molecular flexibility index (Phi) is 6.21. The zero-order valence-electron chi connectivity index (χ0n) is 13.3. The van der Waals surface area contributed by atoms with Crippen LogP contribution in [0.3, 0.4) is 0 Å². The highest BCUT2D eigenvalue weighted by Crippen LogP contribution is 2.34. The fourth-order valence-electron chi connectivity index (χ4n) is 2.34. The highest BCUT2D eigenvalue weighted by atomic mass is 79.9. The van der Waals surface area contributed by atoms with E-state index in [-0.39, 0.29) is 17.5 Å². The second-order valence-corrected chi connectivity index (χ2v) is 6.43. The number of hydrogen-bond acceptors (Lipinski definition) is 1. The summed E-state index contributed by atoms with van der Waals surface area (Å²) in [4.78, 5) is 12.5. The summed E-state index contributed by atoms with van der Waals surface area (Å²) < 4.78 is 54.0. The fraction of sp³-hybridized carbons (Fsp3) is 0.278. The van der Waals surface area contributed by atoms with Crippen LogP contribution >= 0.6 is 15.9 Å². The van der Waals surface area contributed by atoms with Gasteiger partial charge >= 0.3 is 6.18 Å². The maximum absolute atomic E-state index is 14.3. The average molecular weight is 418 g/mol. The molecule has 0 saturated heterocycles. The van der Waals surface area contributed by atoms with Gasteiger partial charge in [0.2, 0.25) is 0 Å². The lowest BCUT2D eigenvalue weighted by atomic mass is 9.97. The van der Waals surface area contributed by atoms with Crippen LogP contribution in [-0.2, 0) is 6.18 Å². The maximum Gasteiger partial charge on any atom is 0.416 e. The first kappa shape index (κ1) is 19.4. The molecule has 0 unspecified atom stereocenters. The first-order valence-electron chi connectivity index (χ1n) is 7.64. The molecule has 0 bridgehead atoms. The molecule has 1 N–H and O–H groups in total. The minimum Gasteiger partial charge on any atom is -0.322 e. The van der Waals surface area contributed by atoms with Crippen molar-refractivity contribution in [2.24, 2.45) is 0 Å². The van der Waals surface area contributed by atoms with Crippen molar-refractivity contribution in [2.45, 2.75) is 32.1 Å². The Labute approximate surface area is 151 Å². The lowest BCUT2D eigenvalue weighted by Gasteiger charge is -2.16. The minimum atomic E-state index is -4.61. The molecule has 0 spiro atoms. The molecule has 2 aromatic rings. The molecule has 0 aliphatic heterocycles. The third kappa shape index (κ3) is 5.04. The molecule has 0 fully saturated rings. The third-order valence-corrected chi connectivity index (χ3v) is 4.14. The Balaban J connectivity index is 2.40. The third-order valence-electron chi connectivity index (χ3n) is 3.61. The Morgan fingerprint density at radius 1 is 1.16 bits per heavy atom. The van der Waals surface area contributed by atoms with Crippen molar-refractivity contribution < 1.29 is 22.4 Å². The van der Waals surface area contributed by atoms with Crippen molar-refractivity contribution in [3.05, 3.63) is 63.6 Å². The standard InChI is InChI=1S/C18H16BrF4NO/c1-2-3-16(20)14-9-4-11(18(21,22)23)10-15(14)17(25)24-13-7-5-12(19)6-8-13/h4-10,16H,2-3H2,1H3,(H,24,25)/t16-/m1/s1. The van der Waals surface area contributed by atoms with Crippen LogP contribution in [0.15, 0.2) is 46.9 Å². The Morgan fingerprint density at radius 2 is 1.80 bits per heavy atom. The smallest absolute Gasteiger partial charge is 0.322 e. The predicted octanol–water partition coefficient (Wildman–Crippen LogP) is 6.53. The summed E-state index contributed by atoms with van der Waals surface area (Å²) in [5.74, 6) is -0.776. The van der Waals surface area contributed by atoms with Crippen LogP contribution in [0, 0.1) is 0 Å². The molecule has 0 aromatic heterocycles. The largest absolute Gasteiger partial charge is 0.416 e. The van der Waals surface area contributed by atoms with Gasteiger partial charge in [-0.2, -0.15) is 13.2 Å². The number of amides is 1. The molecule has 0 saturated carbocycles. The quantitative estimate of drug-likeness (QED) is 0.550. The summed E-state index contributed by atoms with van der Waals surface area (Å²) in [6, 6.07) is 9.08. The number of nitrogens with one attached hydrogen (secondary N) is 1. The second-order valence-electron chi connectivity index (χ2n) is 5.52. The Morgan fingerprint density at radius 3 is 2.36 bits per heavy atom. The average Bonchev–Trinajstić information content (AvgIpc) is 2.55. The number of carbonyl (C=O) groups excluding carboxylic acids is 1. The van der Waals surface area contributed by atoms with Gasteiger partial charge in [0.05, 0.1) is 5.56 Å². The molecule has 0 aliphatic rings. The fourth-order valence-corrected chi connectivity index (χ4v) is 2.61. The van der Waals surface area contributed by atoms with Crippen molar-refractivity contribution >= 4 is 27.5 Å². The van der Waals surface area contributed by atoms with E-state index in [9.17, 15) is 22.4 Å². The number of carbonyl (C=O) groups is 1. The summed E-state index contributed by atoms with van der Waals surface area (Å²) in [5.41, 5.74) is -0.925. The molecular weight excluding hydrogens is 402 g/mol. The van der Waals surface area contributed by atoms with Crippen LogP contribution in [0.4, 0.5) is 23.2 Å². The van der Waals surface area contributed by atoms with Crippen LogP contribution in [-0.4, -0.2) is 5.91 Å². The van der Waals surface area contributed by atoms with Crippen molar-refractivity contribution in [1.82, 2.24) is 0 Å². The van der Waals surface area contributed by atoms with Gasteiger partial charge in [0.25, 0.3) is 5.91 Å². The highest BCUT2D eigenvalue weighted by molar-refractivity contribution is 9.10. The lowest BCUT2D eigenvalue weighted by Crippen LogP contribution is -2.17. The number of anilines is 1. The van der Waals surface area contributed by atoms with E-state index < -0.39 is 23.8 Å². The molecule has 0 aliphatic carbocycles. The van der Waals surface area contributed by atoms with Gasteiger partial charge in [-0.05, 0) is 48.4 Å². The molecule has 7 heteroatoms. The Hall–Kier alpha value is -1.89. The Bertz CT molecular complexity index is 744. The highest BCUT2D eigenvalue weighted by Gasteiger charge is 2.32. The minimum absolute atomic E-state index is 0.0375. The van der Waals surface area contributed by atoms with E-state index in [0.29, 0.717) is 18.2 Å². The number of halogens is 5. The lowest BCUT2D eigenvalue weighted by molar-refractivity contribution is -0.137. The second kappa shape index (κ2) is 7.99. The van der Waals surface area contributed by atoms with Crippen molar-refractivity contribution in [3.8, 4) is 0 Å². The first-order chi connectivity index (χ1) is 11.7. The zero-order valence-corrected chi connectivity index (χ0v) is 14.9.